The number of carbonyl (C=O) groups excluding carboxylic acids is 3. The zero-order valence-electron chi connectivity index (χ0n) is 17.0. The van der Waals surface area contributed by atoms with E-state index in [0.717, 1.165) is 0 Å². The van der Waals surface area contributed by atoms with Crippen molar-refractivity contribution in [1.29, 1.82) is 0 Å². The van der Waals surface area contributed by atoms with Crippen LogP contribution in [0.3, 0.4) is 0 Å². The fourth-order valence-electron chi connectivity index (χ4n) is 2.45. The monoisotopic (exact) mass is 408 g/mol. The Morgan fingerprint density at radius 2 is 1.23 bits per heavy atom. The second-order valence-corrected chi connectivity index (χ2v) is 7.54. The second kappa shape index (κ2) is 9.91. The molecule has 0 saturated carbocycles. The van der Waals surface area contributed by atoms with E-state index in [1.54, 1.807) is 51.1 Å². The molecule has 0 atom stereocenters. The number of ether oxygens (including phenoxy) is 1. The topological polar surface area (TPSA) is 101 Å². The molecule has 0 aliphatic rings. The minimum Gasteiger partial charge on any atom is -0.457 e. The van der Waals surface area contributed by atoms with Gasteiger partial charge in [-0.15, -0.1) is 0 Å². The van der Waals surface area contributed by atoms with Crippen LogP contribution < -0.4 is 0 Å². The highest BCUT2D eigenvalue weighted by molar-refractivity contribution is 6.49. The van der Waals surface area contributed by atoms with Crippen molar-refractivity contribution in [3.05, 3.63) is 82.9 Å². The Balaban J connectivity index is 2.05. The molecule has 2 aromatic carbocycles. The van der Waals surface area contributed by atoms with E-state index in [1.165, 1.54) is 42.5 Å². The Bertz CT molecular complexity index is 958. The molecular weight excluding hydrogens is 384 g/mol. The van der Waals surface area contributed by atoms with E-state index in [2.05, 4.69) is 0 Å². The molecule has 30 heavy (non-hydrogen) atoms. The number of ketones is 2. The van der Waals surface area contributed by atoms with Gasteiger partial charge in [0.15, 0.2) is 6.29 Å². The average molecular weight is 408 g/mol. The normalized spacial score (nSPS) is 11.9. The number of esters is 1. The van der Waals surface area contributed by atoms with E-state index in [0.29, 0.717) is 11.1 Å². The first-order valence-corrected chi connectivity index (χ1v) is 9.30. The maximum atomic E-state index is 12.5. The van der Waals surface area contributed by atoms with Crippen molar-refractivity contribution >= 4 is 29.7 Å². The smallest absolute Gasteiger partial charge is 0.331 e. The summed E-state index contributed by atoms with van der Waals surface area (Å²) in [5.74, 6) is -1.76. The minimum atomic E-state index is -1.56. The van der Waals surface area contributed by atoms with Gasteiger partial charge in [-0.1, -0.05) is 54.6 Å². The number of aliphatic hydroxyl groups is 2. The lowest BCUT2D eigenvalue weighted by atomic mass is 9.99. The van der Waals surface area contributed by atoms with E-state index in [9.17, 15) is 14.4 Å². The van der Waals surface area contributed by atoms with Gasteiger partial charge in [-0.25, -0.2) is 4.79 Å². The molecule has 6 nitrogen and oxygen atoms in total. The molecule has 0 heterocycles. The van der Waals surface area contributed by atoms with Crippen molar-refractivity contribution < 1.29 is 29.3 Å². The molecule has 0 aromatic heterocycles. The standard InChI is InChI=1S/C24H24O6/c1-24(2,3)30-21(27)15-9-17-6-12-19(13-7-17)23(29)22(28)18-10-4-16(5-11-18)8-14-20(25)26/h4-15,20,25-26H,1-3H3/b14-8+,15-9+. The van der Waals surface area contributed by atoms with Gasteiger partial charge in [0.25, 0.3) is 0 Å². The first kappa shape index (κ1) is 22.9. The van der Waals surface area contributed by atoms with Crippen LogP contribution in [0.1, 0.15) is 52.6 Å². The van der Waals surface area contributed by atoms with Gasteiger partial charge >= 0.3 is 5.97 Å². The molecule has 0 aliphatic heterocycles. The predicted octanol–water partition coefficient (Wildman–Crippen LogP) is 3.43. The largest absolute Gasteiger partial charge is 0.457 e. The summed E-state index contributed by atoms with van der Waals surface area (Å²) in [5, 5.41) is 17.6. The van der Waals surface area contributed by atoms with Crippen LogP contribution in [0.25, 0.3) is 12.2 Å². The number of carbonyl (C=O) groups is 3. The minimum absolute atomic E-state index is 0.232. The van der Waals surface area contributed by atoms with E-state index < -0.39 is 29.4 Å². The molecule has 2 rings (SSSR count). The van der Waals surface area contributed by atoms with Crippen LogP contribution in [0.2, 0.25) is 0 Å². The van der Waals surface area contributed by atoms with Gasteiger partial charge in [-0.05, 0) is 44.1 Å². The quantitative estimate of drug-likeness (QED) is 0.239. The van der Waals surface area contributed by atoms with Crippen LogP contribution in [-0.2, 0) is 9.53 Å². The first-order valence-electron chi connectivity index (χ1n) is 9.30. The molecule has 0 bridgehead atoms. The highest BCUT2D eigenvalue weighted by atomic mass is 16.6. The van der Waals surface area contributed by atoms with Gasteiger partial charge in [-0.2, -0.15) is 0 Å². The molecule has 0 saturated heterocycles. The van der Waals surface area contributed by atoms with Crippen molar-refractivity contribution in [1.82, 2.24) is 0 Å². The average Bonchev–Trinajstić information content (AvgIpc) is 2.69. The van der Waals surface area contributed by atoms with Crippen LogP contribution in [0, 0.1) is 0 Å². The number of rotatable bonds is 7. The number of benzene rings is 2. The Kier molecular flexibility index (Phi) is 7.58. The number of aliphatic hydroxyl groups excluding tert-OH is 1. The number of hydrogen-bond donors (Lipinski definition) is 2. The van der Waals surface area contributed by atoms with Gasteiger partial charge in [0.2, 0.25) is 11.6 Å². The molecule has 0 spiro atoms. The Morgan fingerprint density at radius 1 is 0.800 bits per heavy atom. The Labute approximate surface area is 175 Å². The molecule has 2 aromatic rings. The molecule has 6 heteroatoms. The maximum absolute atomic E-state index is 12.5. The maximum Gasteiger partial charge on any atom is 0.331 e. The Morgan fingerprint density at radius 3 is 1.63 bits per heavy atom. The third-order valence-electron chi connectivity index (χ3n) is 3.83. The fraction of sp³-hybridized carbons (Fsp3) is 0.208. The first-order chi connectivity index (χ1) is 14.0. The van der Waals surface area contributed by atoms with Gasteiger partial charge in [0.05, 0.1) is 0 Å². The highest BCUT2D eigenvalue weighted by Crippen LogP contribution is 2.13. The zero-order valence-corrected chi connectivity index (χ0v) is 17.0. The van der Waals surface area contributed by atoms with Crippen LogP contribution in [-0.4, -0.2) is 39.6 Å². The van der Waals surface area contributed by atoms with E-state index in [-0.39, 0.29) is 11.1 Å². The Hall–Kier alpha value is -3.35. The molecule has 2 N–H and O–H groups in total. The van der Waals surface area contributed by atoms with Crippen molar-refractivity contribution in [2.45, 2.75) is 32.7 Å². The summed E-state index contributed by atoms with van der Waals surface area (Å²) in [6.45, 7) is 5.33. The lowest BCUT2D eigenvalue weighted by Gasteiger charge is -2.17. The van der Waals surface area contributed by atoms with E-state index in [4.69, 9.17) is 14.9 Å². The summed E-state index contributed by atoms with van der Waals surface area (Å²) in [5.41, 5.74) is 1.24. The van der Waals surface area contributed by atoms with Crippen molar-refractivity contribution in [2.75, 3.05) is 0 Å². The predicted molar refractivity (Wildman–Crippen MR) is 114 cm³/mol. The van der Waals surface area contributed by atoms with Gasteiger partial charge in [-0.3, -0.25) is 9.59 Å². The van der Waals surface area contributed by atoms with Crippen LogP contribution in [0.15, 0.2) is 60.7 Å². The molecule has 156 valence electrons. The summed E-state index contributed by atoms with van der Waals surface area (Å²) >= 11 is 0. The molecule has 0 aliphatic carbocycles. The van der Waals surface area contributed by atoms with Crippen molar-refractivity contribution in [2.24, 2.45) is 0 Å². The molecule has 0 fully saturated rings. The van der Waals surface area contributed by atoms with Crippen molar-refractivity contribution in [3.8, 4) is 0 Å². The molecule has 0 amide bonds. The fourth-order valence-corrected chi connectivity index (χ4v) is 2.45. The summed E-state index contributed by atoms with van der Waals surface area (Å²) in [6, 6.07) is 12.5. The van der Waals surface area contributed by atoms with Gasteiger partial charge in [0, 0.05) is 17.2 Å². The number of Topliss-reactive ketones (excluding diaryl/α,β-unsaturated/α-hetero) is 2. The highest BCUT2D eigenvalue weighted by Gasteiger charge is 2.18. The van der Waals surface area contributed by atoms with Crippen LogP contribution >= 0.6 is 0 Å². The molecular formula is C24H24O6. The van der Waals surface area contributed by atoms with E-state index >= 15 is 0 Å². The molecule has 0 unspecified atom stereocenters. The lowest BCUT2D eigenvalue weighted by Crippen LogP contribution is -2.22. The summed E-state index contributed by atoms with van der Waals surface area (Å²) in [7, 11) is 0. The SMILES string of the molecule is CC(C)(C)OC(=O)/C=C/c1ccc(C(=O)C(=O)c2ccc(/C=C/C(O)O)cc2)cc1. The number of hydrogen-bond acceptors (Lipinski definition) is 6. The van der Waals surface area contributed by atoms with E-state index in [1.807, 2.05) is 0 Å². The van der Waals surface area contributed by atoms with Gasteiger partial charge in [0.1, 0.15) is 5.60 Å². The summed E-state index contributed by atoms with van der Waals surface area (Å²) < 4.78 is 5.18. The van der Waals surface area contributed by atoms with Crippen molar-refractivity contribution in [3.63, 3.8) is 0 Å². The second-order valence-electron chi connectivity index (χ2n) is 7.54. The molecule has 0 radical (unpaired) electrons. The third-order valence-corrected chi connectivity index (χ3v) is 3.83. The lowest BCUT2D eigenvalue weighted by molar-refractivity contribution is -0.148. The van der Waals surface area contributed by atoms with Crippen LogP contribution in [0.5, 0.6) is 0 Å². The van der Waals surface area contributed by atoms with Gasteiger partial charge < -0.3 is 14.9 Å². The summed E-state index contributed by atoms with van der Waals surface area (Å²) in [4.78, 5) is 36.6. The summed E-state index contributed by atoms with van der Waals surface area (Å²) in [6.07, 6.45) is 3.99. The third kappa shape index (κ3) is 7.24. The van der Waals surface area contributed by atoms with Crippen LogP contribution in [0.4, 0.5) is 0 Å². The zero-order chi connectivity index (χ0) is 22.3.